The van der Waals surface area contributed by atoms with Crippen LogP contribution in [0, 0.1) is 0 Å². The van der Waals surface area contributed by atoms with Crippen LogP contribution in [0.25, 0.3) is 0 Å². The minimum atomic E-state index is 0.0675. The normalized spacial score (nSPS) is 14.1. The average Bonchev–Trinajstić information content (AvgIpc) is 2.63. The van der Waals surface area contributed by atoms with Crippen LogP contribution in [0.3, 0.4) is 0 Å². The maximum absolute atomic E-state index is 8.64. The summed E-state index contributed by atoms with van der Waals surface area (Å²) in [5.41, 5.74) is 2.13. The number of hydrogen-bond acceptors (Lipinski definition) is 4. The summed E-state index contributed by atoms with van der Waals surface area (Å²) in [6.07, 6.45) is 3.06. The third-order valence-electron chi connectivity index (χ3n) is 2.28. The summed E-state index contributed by atoms with van der Waals surface area (Å²) >= 11 is 6.00. The summed E-state index contributed by atoms with van der Waals surface area (Å²) in [6, 6.07) is 0. The van der Waals surface area contributed by atoms with Gasteiger partial charge in [-0.05, 0) is 19.3 Å². The van der Waals surface area contributed by atoms with Crippen LogP contribution in [0.2, 0.25) is 5.15 Å². The summed E-state index contributed by atoms with van der Waals surface area (Å²) in [7, 11) is 0. The van der Waals surface area contributed by atoms with E-state index < -0.39 is 0 Å². The second-order valence-electron chi connectivity index (χ2n) is 3.27. The van der Waals surface area contributed by atoms with Crippen molar-refractivity contribution in [2.45, 2.75) is 19.3 Å². The van der Waals surface area contributed by atoms with Gasteiger partial charge in [-0.3, -0.25) is 0 Å². The second kappa shape index (κ2) is 4.11. The Labute approximate surface area is 87.3 Å². The van der Waals surface area contributed by atoms with Crippen molar-refractivity contribution in [1.29, 1.82) is 0 Å². The van der Waals surface area contributed by atoms with Gasteiger partial charge < -0.3 is 10.4 Å². The van der Waals surface area contributed by atoms with Gasteiger partial charge in [-0.15, -0.1) is 0 Å². The summed E-state index contributed by atoms with van der Waals surface area (Å²) in [5, 5.41) is 12.1. The number of halogens is 1. The van der Waals surface area contributed by atoms with Crippen molar-refractivity contribution in [1.82, 2.24) is 9.97 Å². The van der Waals surface area contributed by atoms with E-state index in [0.717, 1.165) is 30.5 Å². The van der Waals surface area contributed by atoms with Crippen molar-refractivity contribution in [3.63, 3.8) is 0 Å². The Morgan fingerprint density at radius 2 is 2.21 bits per heavy atom. The number of aryl methyl sites for hydroxylation is 1. The number of nitrogens with one attached hydrogen (secondary N) is 1. The zero-order valence-corrected chi connectivity index (χ0v) is 8.51. The van der Waals surface area contributed by atoms with Gasteiger partial charge in [0, 0.05) is 12.1 Å². The van der Waals surface area contributed by atoms with Crippen LogP contribution >= 0.6 is 11.6 Å². The van der Waals surface area contributed by atoms with Crippen molar-refractivity contribution in [3.8, 4) is 0 Å². The van der Waals surface area contributed by atoms with Gasteiger partial charge in [-0.1, -0.05) is 11.6 Å². The molecule has 1 aliphatic rings. The Kier molecular flexibility index (Phi) is 2.84. The molecule has 0 aromatic carbocycles. The van der Waals surface area contributed by atoms with E-state index in [4.69, 9.17) is 16.7 Å². The Morgan fingerprint density at radius 1 is 1.36 bits per heavy atom. The molecule has 76 valence electrons. The topological polar surface area (TPSA) is 58.0 Å². The van der Waals surface area contributed by atoms with Crippen molar-refractivity contribution in [2.75, 3.05) is 18.5 Å². The first kappa shape index (κ1) is 9.68. The SMILES string of the molecule is OCCNc1nc(Cl)c2c(n1)CCC2. The molecule has 1 aromatic heterocycles. The van der Waals surface area contributed by atoms with Crippen molar-refractivity contribution in [2.24, 2.45) is 0 Å². The molecule has 0 amide bonds. The Balaban J connectivity index is 2.23. The van der Waals surface area contributed by atoms with Crippen molar-refractivity contribution >= 4 is 17.5 Å². The van der Waals surface area contributed by atoms with Gasteiger partial charge in [0.25, 0.3) is 0 Å². The van der Waals surface area contributed by atoms with Gasteiger partial charge in [0.2, 0.25) is 5.95 Å². The van der Waals surface area contributed by atoms with Crippen LogP contribution in [0.5, 0.6) is 0 Å². The van der Waals surface area contributed by atoms with E-state index in [-0.39, 0.29) is 6.61 Å². The summed E-state index contributed by atoms with van der Waals surface area (Å²) < 4.78 is 0. The lowest BCUT2D eigenvalue weighted by molar-refractivity contribution is 0.311. The van der Waals surface area contributed by atoms with Crippen LogP contribution in [-0.2, 0) is 12.8 Å². The summed E-state index contributed by atoms with van der Waals surface area (Å²) in [4.78, 5) is 8.45. The smallest absolute Gasteiger partial charge is 0.224 e. The minimum Gasteiger partial charge on any atom is -0.395 e. The highest BCUT2D eigenvalue weighted by atomic mass is 35.5. The van der Waals surface area contributed by atoms with Crippen molar-refractivity contribution < 1.29 is 5.11 Å². The molecule has 0 bridgehead atoms. The molecule has 0 unspecified atom stereocenters. The molecule has 0 saturated heterocycles. The third-order valence-corrected chi connectivity index (χ3v) is 2.59. The number of rotatable bonds is 3. The van der Waals surface area contributed by atoms with Crippen LogP contribution in [-0.4, -0.2) is 28.2 Å². The number of aliphatic hydroxyl groups is 1. The average molecular weight is 214 g/mol. The molecule has 0 spiro atoms. The lowest BCUT2D eigenvalue weighted by atomic mass is 10.3. The molecule has 1 aromatic rings. The lowest BCUT2D eigenvalue weighted by Gasteiger charge is -2.06. The Bertz CT molecular complexity index is 343. The third kappa shape index (κ3) is 1.81. The fourth-order valence-electron chi connectivity index (χ4n) is 1.63. The van der Waals surface area contributed by atoms with E-state index in [0.29, 0.717) is 17.6 Å². The first-order chi connectivity index (χ1) is 6.81. The lowest BCUT2D eigenvalue weighted by Crippen LogP contribution is -2.10. The van der Waals surface area contributed by atoms with E-state index in [1.54, 1.807) is 0 Å². The van der Waals surface area contributed by atoms with Crippen LogP contribution in [0.4, 0.5) is 5.95 Å². The van der Waals surface area contributed by atoms with E-state index in [1.807, 2.05) is 0 Å². The van der Waals surface area contributed by atoms with Crippen molar-refractivity contribution in [3.05, 3.63) is 16.4 Å². The molecule has 5 heteroatoms. The van der Waals surface area contributed by atoms with Gasteiger partial charge in [-0.2, -0.15) is 0 Å². The number of anilines is 1. The minimum absolute atomic E-state index is 0.0675. The van der Waals surface area contributed by atoms with Gasteiger partial charge in [0.05, 0.1) is 12.3 Å². The van der Waals surface area contributed by atoms with E-state index in [2.05, 4.69) is 15.3 Å². The summed E-state index contributed by atoms with van der Waals surface area (Å²) in [5.74, 6) is 0.518. The fourth-order valence-corrected chi connectivity index (χ4v) is 1.92. The first-order valence-electron chi connectivity index (χ1n) is 4.71. The molecule has 4 nitrogen and oxygen atoms in total. The predicted octanol–water partition coefficient (Wildman–Crippen LogP) is 1.02. The number of fused-ring (bicyclic) bond motifs is 1. The van der Waals surface area contributed by atoms with Gasteiger partial charge in [0.15, 0.2) is 0 Å². The Hall–Kier alpha value is -0.870. The van der Waals surface area contributed by atoms with Gasteiger partial charge >= 0.3 is 0 Å². The first-order valence-corrected chi connectivity index (χ1v) is 5.09. The van der Waals surface area contributed by atoms with Gasteiger partial charge in [-0.25, -0.2) is 9.97 Å². The molecule has 0 fully saturated rings. The number of aliphatic hydroxyl groups excluding tert-OH is 1. The highest BCUT2D eigenvalue weighted by Gasteiger charge is 2.17. The summed E-state index contributed by atoms with van der Waals surface area (Å²) in [6.45, 7) is 0.521. The number of nitrogens with zero attached hydrogens (tertiary/aromatic N) is 2. The highest BCUT2D eigenvalue weighted by molar-refractivity contribution is 6.30. The van der Waals surface area contributed by atoms with Crippen LogP contribution in [0.1, 0.15) is 17.7 Å². The molecule has 14 heavy (non-hydrogen) atoms. The van der Waals surface area contributed by atoms with Gasteiger partial charge in [0.1, 0.15) is 5.15 Å². The maximum Gasteiger partial charge on any atom is 0.224 e. The van der Waals surface area contributed by atoms with Crippen LogP contribution < -0.4 is 5.32 Å². The predicted molar refractivity (Wildman–Crippen MR) is 54.6 cm³/mol. The zero-order valence-electron chi connectivity index (χ0n) is 7.76. The monoisotopic (exact) mass is 213 g/mol. The zero-order chi connectivity index (χ0) is 9.97. The molecule has 0 atom stereocenters. The van der Waals surface area contributed by atoms with E-state index >= 15 is 0 Å². The Morgan fingerprint density at radius 3 is 3.00 bits per heavy atom. The van der Waals surface area contributed by atoms with E-state index in [9.17, 15) is 0 Å². The molecule has 1 aliphatic carbocycles. The molecule has 1 heterocycles. The molecular weight excluding hydrogens is 202 g/mol. The number of aromatic nitrogens is 2. The molecular formula is C9H12ClN3O. The quantitative estimate of drug-likeness (QED) is 0.737. The van der Waals surface area contributed by atoms with Crippen LogP contribution in [0.15, 0.2) is 0 Å². The highest BCUT2D eigenvalue weighted by Crippen LogP contribution is 2.26. The fraction of sp³-hybridized carbons (Fsp3) is 0.556. The molecule has 0 radical (unpaired) electrons. The maximum atomic E-state index is 8.64. The largest absolute Gasteiger partial charge is 0.395 e. The number of hydrogen-bond donors (Lipinski definition) is 2. The molecule has 2 N–H and O–H groups in total. The molecule has 0 saturated carbocycles. The molecule has 0 aliphatic heterocycles. The molecule has 2 rings (SSSR count). The standard InChI is InChI=1S/C9H12ClN3O/c10-8-6-2-1-3-7(6)12-9(13-8)11-4-5-14/h14H,1-5H2,(H,11,12,13). The van der Waals surface area contributed by atoms with E-state index in [1.165, 1.54) is 0 Å². The second-order valence-corrected chi connectivity index (χ2v) is 3.63.